The number of H-pyrrole nitrogens is 1. The lowest BCUT2D eigenvalue weighted by Gasteiger charge is -2.26. The van der Waals surface area contributed by atoms with E-state index >= 15 is 0 Å². The van der Waals surface area contributed by atoms with Gasteiger partial charge in [-0.05, 0) is 48.4 Å². The number of aromatic nitrogens is 1. The summed E-state index contributed by atoms with van der Waals surface area (Å²) in [6.07, 6.45) is 2.19. The number of hydrogen-bond donors (Lipinski definition) is 3. The first kappa shape index (κ1) is 33.6. The lowest BCUT2D eigenvalue weighted by atomic mass is 9.86. The zero-order chi connectivity index (χ0) is 33.4. The van der Waals surface area contributed by atoms with Gasteiger partial charge in [0, 0.05) is 29.4 Å². The number of nitrogens with one attached hydrogen (secondary N) is 3. The van der Waals surface area contributed by atoms with Gasteiger partial charge in [-0.15, -0.1) is 0 Å². The lowest BCUT2D eigenvalue weighted by molar-refractivity contribution is -0.134. The molecule has 0 saturated carbocycles. The van der Waals surface area contributed by atoms with Crippen LogP contribution in [0.4, 0.5) is 4.79 Å². The number of amides is 2. The fourth-order valence-electron chi connectivity index (χ4n) is 5.83. The van der Waals surface area contributed by atoms with E-state index in [9.17, 15) is 19.2 Å². The van der Waals surface area contributed by atoms with Crippen LogP contribution in [-0.2, 0) is 43.3 Å². The first-order chi connectivity index (χ1) is 22.7. The number of ether oxygens (including phenoxy) is 2. The molecule has 47 heavy (non-hydrogen) atoms. The molecule has 0 bridgehead atoms. The second-order valence-electron chi connectivity index (χ2n) is 12.6. The maximum absolute atomic E-state index is 14.2. The molecule has 246 valence electrons. The second kappa shape index (κ2) is 15.2. The molecule has 2 heterocycles. The molecular formula is C38H43N3O6. The van der Waals surface area contributed by atoms with Crippen molar-refractivity contribution in [1.29, 1.82) is 0 Å². The molecular weight excluding hydrogens is 594 g/mol. The molecule has 3 aromatic carbocycles. The molecule has 3 N–H and O–H groups in total. The number of Topliss-reactive ketones (excluding diaryl/α,β-unsaturated/α-hetero) is 2. The van der Waals surface area contributed by atoms with Crippen LogP contribution in [0.25, 0.3) is 10.9 Å². The molecule has 5 rings (SSSR count). The summed E-state index contributed by atoms with van der Waals surface area (Å²) in [5.74, 6) is -1.90. The van der Waals surface area contributed by atoms with Crippen molar-refractivity contribution in [1.82, 2.24) is 15.6 Å². The summed E-state index contributed by atoms with van der Waals surface area (Å²) in [6, 6.07) is 24.9. The molecule has 1 saturated heterocycles. The average Bonchev–Trinajstić information content (AvgIpc) is 3.72. The van der Waals surface area contributed by atoms with Crippen molar-refractivity contribution >= 4 is 34.5 Å². The summed E-state index contributed by atoms with van der Waals surface area (Å²) in [4.78, 5) is 57.8. The molecule has 9 heteroatoms. The van der Waals surface area contributed by atoms with Gasteiger partial charge in [-0.1, -0.05) is 99.1 Å². The molecule has 1 aliphatic rings. The number of benzene rings is 3. The van der Waals surface area contributed by atoms with Crippen molar-refractivity contribution < 1.29 is 28.7 Å². The fourth-order valence-corrected chi connectivity index (χ4v) is 5.83. The molecule has 9 nitrogen and oxygen atoms in total. The van der Waals surface area contributed by atoms with Gasteiger partial charge in [0.15, 0.2) is 11.6 Å². The SMILES string of the molecule is CC[C@H](C)C(NC(=O)OCc1ccccc1)C(=O)C[C@@H](Cc1c[nH]c2ccccc12)C(=O)N[C@@H](Cc1ccccc1)C(=O)[C@@]1(C)CO1. The minimum absolute atomic E-state index is 0.0686. The zero-order valence-electron chi connectivity index (χ0n) is 27.2. The van der Waals surface area contributed by atoms with Crippen LogP contribution in [0.5, 0.6) is 0 Å². The number of hydrogen-bond acceptors (Lipinski definition) is 6. The summed E-state index contributed by atoms with van der Waals surface area (Å²) in [7, 11) is 0. The Morgan fingerprint density at radius 1 is 0.894 bits per heavy atom. The van der Waals surface area contributed by atoms with Gasteiger partial charge >= 0.3 is 6.09 Å². The van der Waals surface area contributed by atoms with Crippen molar-refractivity contribution in [2.24, 2.45) is 11.8 Å². The Bertz CT molecular complexity index is 1680. The predicted octanol–water partition coefficient (Wildman–Crippen LogP) is 5.71. The third-order valence-corrected chi connectivity index (χ3v) is 9.02. The van der Waals surface area contributed by atoms with Gasteiger partial charge in [0.05, 0.1) is 18.7 Å². The lowest BCUT2D eigenvalue weighted by Crippen LogP contribution is -2.51. The van der Waals surface area contributed by atoms with E-state index in [-0.39, 0.29) is 36.9 Å². The smallest absolute Gasteiger partial charge is 0.408 e. The standard InChI is InChI=1S/C38H43N3O6/c1-4-25(2)34(41-37(45)46-23-27-15-9-6-10-16-27)33(42)21-28(20-29-22-39-31-18-12-11-17-30(29)31)36(44)40-32(35(43)38(3)24-47-38)19-26-13-7-5-8-14-26/h5-18,22,25,28,32,34,39H,4,19-21,23-24H2,1-3H3,(H,40,44)(H,41,45)/t25-,28+,32-,34?,38+/m0/s1. The third-order valence-electron chi connectivity index (χ3n) is 9.02. The van der Waals surface area contributed by atoms with Crippen LogP contribution in [0.1, 0.15) is 50.3 Å². The number of alkyl carbamates (subject to hydrolysis) is 1. The molecule has 1 aromatic heterocycles. The highest BCUT2D eigenvalue weighted by molar-refractivity contribution is 5.98. The summed E-state index contributed by atoms with van der Waals surface area (Å²) < 4.78 is 10.9. The maximum Gasteiger partial charge on any atom is 0.408 e. The van der Waals surface area contributed by atoms with E-state index in [1.54, 1.807) is 6.92 Å². The molecule has 0 aliphatic carbocycles. The highest BCUT2D eigenvalue weighted by Gasteiger charge is 2.50. The van der Waals surface area contributed by atoms with Crippen LogP contribution >= 0.6 is 0 Å². The molecule has 0 radical (unpaired) electrons. The van der Waals surface area contributed by atoms with Gasteiger partial charge in [-0.3, -0.25) is 14.4 Å². The number of aromatic amines is 1. The minimum atomic E-state index is -0.944. The van der Waals surface area contributed by atoms with Crippen LogP contribution < -0.4 is 10.6 Å². The Morgan fingerprint density at radius 2 is 1.53 bits per heavy atom. The largest absolute Gasteiger partial charge is 0.445 e. The van der Waals surface area contributed by atoms with Crippen molar-refractivity contribution in [3.8, 4) is 0 Å². The van der Waals surface area contributed by atoms with Crippen LogP contribution in [0, 0.1) is 11.8 Å². The number of carbonyl (C=O) groups excluding carboxylic acids is 4. The van der Waals surface area contributed by atoms with E-state index in [4.69, 9.17) is 9.47 Å². The maximum atomic E-state index is 14.2. The Balaban J connectivity index is 1.37. The van der Waals surface area contributed by atoms with Gasteiger partial charge in [-0.2, -0.15) is 0 Å². The molecule has 1 aliphatic heterocycles. The van der Waals surface area contributed by atoms with E-state index in [1.807, 2.05) is 105 Å². The topological polar surface area (TPSA) is 130 Å². The van der Waals surface area contributed by atoms with Gasteiger partial charge in [0.1, 0.15) is 12.2 Å². The quantitative estimate of drug-likeness (QED) is 0.135. The van der Waals surface area contributed by atoms with Crippen molar-refractivity contribution in [2.75, 3.05) is 6.61 Å². The van der Waals surface area contributed by atoms with E-state index < -0.39 is 35.6 Å². The average molecular weight is 638 g/mol. The number of ketones is 2. The van der Waals surface area contributed by atoms with Crippen molar-refractivity contribution in [2.45, 2.75) is 70.7 Å². The highest BCUT2D eigenvalue weighted by atomic mass is 16.6. The summed E-state index contributed by atoms with van der Waals surface area (Å²) in [5.41, 5.74) is 2.58. The number of rotatable bonds is 16. The highest BCUT2D eigenvalue weighted by Crippen LogP contribution is 2.30. The predicted molar refractivity (Wildman–Crippen MR) is 180 cm³/mol. The van der Waals surface area contributed by atoms with Gasteiger partial charge in [0.25, 0.3) is 0 Å². The summed E-state index contributed by atoms with van der Waals surface area (Å²) >= 11 is 0. The van der Waals surface area contributed by atoms with Crippen molar-refractivity contribution in [3.05, 3.63) is 108 Å². The van der Waals surface area contributed by atoms with Gasteiger partial charge in [0.2, 0.25) is 5.91 Å². The van der Waals surface area contributed by atoms with E-state index in [1.165, 1.54) is 0 Å². The minimum Gasteiger partial charge on any atom is -0.445 e. The van der Waals surface area contributed by atoms with E-state index in [2.05, 4.69) is 15.6 Å². The molecule has 1 unspecified atom stereocenters. The Kier molecular flexibility index (Phi) is 10.9. The van der Waals surface area contributed by atoms with Crippen molar-refractivity contribution in [3.63, 3.8) is 0 Å². The first-order valence-electron chi connectivity index (χ1n) is 16.2. The molecule has 5 atom stereocenters. The van der Waals surface area contributed by atoms with Gasteiger partial charge < -0.3 is 25.1 Å². The van der Waals surface area contributed by atoms with Crippen LogP contribution in [0.15, 0.2) is 91.1 Å². The monoisotopic (exact) mass is 637 g/mol. The molecule has 4 aromatic rings. The number of carbonyl (C=O) groups is 4. The molecule has 2 amide bonds. The van der Waals surface area contributed by atoms with Crippen LogP contribution in [0.3, 0.4) is 0 Å². The fraction of sp³-hybridized carbons (Fsp3) is 0.368. The Hall–Kier alpha value is -4.76. The molecule has 0 spiro atoms. The number of para-hydroxylation sites is 1. The van der Waals surface area contributed by atoms with E-state index in [0.717, 1.165) is 27.6 Å². The Morgan fingerprint density at radius 3 is 2.19 bits per heavy atom. The summed E-state index contributed by atoms with van der Waals surface area (Å²) in [5, 5.41) is 6.72. The third kappa shape index (κ3) is 8.74. The zero-order valence-corrected chi connectivity index (χ0v) is 27.2. The number of fused-ring (bicyclic) bond motifs is 1. The van der Waals surface area contributed by atoms with Crippen LogP contribution in [-0.4, -0.2) is 52.8 Å². The van der Waals surface area contributed by atoms with Crippen LogP contribution in [0.2, 0.25) is 0 Å². The normalized spacial score (nSPS) is 18.0. The van der Waals surface area contributed by atoms with Gasteiger partial charge in [-0.25, -0.2) is 4.79 Å². The summed E-state index contributed by atoms with van der Waals surface area (Å²) in [6.45, 7) is 5.93. The molecule has 1 fully saturated rings. The van der Waals surface area contributed by atoms with E-state index in [0.29, 0.717) is 19.4 Å². The second-order valence-corrected chi connectivity index (χ2v) is 12.6. The Labute approximate surface area is 275 Å². The number of epoxide rings is 1. The first-order valence-corrected chi connectivity index (χ1v) is 16.2.